The Bertz CT molecular complexity index is 606. The summed E-state index contributed by atoms with van der Waals surface area (Å²) in [6, 6.07) is 17.3. The number of benzene rings is 2. The van der Waals surface area contributed by atoms with Gasteiger partial charge in [0, 0.05) is 6.54 Å². The summed E-state index contributed by atoms with van der Waals surface area (Å²) in [6.45, 7) is 1.52. The van der Waals surface area contributed by atoms with Crippen molar-refractivity contribution in [3.8, 4) is 0 Å². The van der Waals surface area contributed by atoms with Crippen LogP contribution < -0.4 is 5.32 Å². The highest BCUT2D eigenvalue weighted by atomic mass is 16.4. The third-order valence-corrected chi connectivity index (χ3v) is 3.19. The Morgan fingerprint density at radius 1 is 1.05 bits per heavy atom. The van der Waals surface area contributed by atoms with Crippen molar-refractivity contribution in [1.29, 1.82) is 0 Å². The predicted molar refractivity (Wildman–Crippen MR) is 85.5 cm³/mol. The monoisotopic (exact) mass is 281 g/mol. The van der Waals surface area contributed by atoms with Crippen LogP contribution in [0.1, 0.15) is 21.5 Å². The Hall–Kier alpha value is -2.39. The van der Waals surface area contributed by atoms with Crippen LogP contribution in [0.15, 0.2) is 60.7 Å². The van der Waals surface area contributed by atoms with Crippen molar-refractivity contribution in [3.63, 3.8) is 0 Å². The maximum absolute atomic E-state index is 11.1. The normalized spacial score (nSPS) is 10.9. The summed E-state index contributed by atoms with van der Waals surface area (Å²) >= 11 is 0. The van der Waals surface area contributed by atoms with E-state index in [1.54, 1.807) is 12.1 Å². The van der Waals surface area contributed by atoms with Crippen LogP contribution in [0.5, 0.6) is 0 Å². The van der Waals surface area contributed by atoms with Gasteiger partial charge in [-0.2, -0.15) is 0 Å². The molecule has 0 spiro atoms. The number of rotatable bonds is 7. The van der Waals surface area contributed by atoms with E-state index in [1.807, 2.05) is 30.3 Å². The van der Waals surface area contributed by atoms with Gasteiger partial charge in [0.15, 0.2) is 0 Å². The molecule has 0 aliphatic rings. The second kappa shape index (κ2) is 8.02. The third kappa shape index (κ3) is 4.89. The Kier molecular flexibility index (Phi) is 5.73. The van der Waals surface area contributed by atoms with Gasteiger partial charge in [-0.05, 0) is 30.2 Å². The second-order valence-corrected chi connectivity index (χ2v) is 4.73. The lowest BCUT2D eigenvalue weighted by molar-refractivity contribution is 0.0695. The van der Waals surface area contributed by atoms with Gasteiger partial charge in [0.2, 0.25) is 0 Å². The van der Waals surface area contributed by atoms with Crippen LogP contribution in [-0.2, 0) is 6.42 Å². The summed E-state index contributed by atoms with van der Waals surface area (Å²) < 4.78 is 0. The van der Waals surface area contributed by atoms with Crippen LogP contribution in [0.25, 0.3) is 6.08 Å². The Morgan fingerprint density at radius 3 is 2.52 bits per heavy atom. The van der Waals surface area contributed by atoms with Crippen LogP contribution in [-0.4, -0.2) is 24.2 Å². The highest BCUT2D eigenvalue weighted by Crippen LogP contribution is 2.08. The molecule has 2 aromatic carbocycles. The van der Waals surface area contributed by atoms with Crippen molar-refractivity contribution in [2.75, 3.05) is 13.1 Å². The van der Waals surface area contributed by atoms with Gasteiger partial charge in [0.05, 0.1) is 5.56 Å². The molecule has 0 bridgehead atoms. The standard InChI is InChI=1S/C18H19NO2/c20-18(21)17-11-5-4-10-16(17)12-14-19-13-6-9-15-7-2-1-3-8-15/h1-11,19H,12-14H2,(H,20,21)/b9-6+. The van der Waals surface area contributed by atoms with Gasteiger partial charge in [0.25, 0.3) is 0 Å². The fourth-order valence-electron chi connectivity index (χ4n) is 2.11. The zero-order valence-corrected chi connectivity index (χ0v) is 11.8. The minimum absolute atomic E-state index is 0.388. The SMILES string of the molecule is O=C(O)c1ccccc1CCNC/C=C/c1ccccc1. The minimum Gasteiger partial charge on any atom is -0.478 e. The van der Waals surface area contributed by atoms with E-state index in [9.17, 15) is 4.79 Å². The number of carboxylic acids is 1. The van der Waals surface area contributed by atoms with Gasteiger partial charge in [0.1, 0.15) is 0 Å². The van der Waals surface area contributed by atoms with Gasteiger partial charge < -0.3 is 10.4 Å². The van der Waals surface area contributed by atoms with Gasteiger partial charge in [-0.3, -0.25) is 0 Å². The van der Waals surface area contributed by atoms with E-state index in [4.69, 9.17) is 5.11 Å². The molecule has 2 N–H and O–H groups in total. The van der Waals surface area contributed by atoms with Crippen molar-refractivity contribution >= 4 is 12.0 Å². The summed E-state index contributed by atoms with van der Waals surface area (Å²) in [5.74, 6) is -0.866. The molecule has 0 aliphatic carbocycles. The topological polar surface area (TPSA) is 49.3 Å². The Labute approximate surface area is 124 Å². The highest BCUT2D eigenvalue weighted by molar-refractivity contribution is 5.89. The smallest absolute Gasteiger partial charge is 0.335 e. The molecular formula is C18H19NO2. The molecule has 0 radical (unpaired) electrons. The van der Waals surface area contributed by atoms with Gasteiger partial charge >= 0.3 is 5.97 Å². The maximum Gasteiger partial charge on any atom is 0.335 e. The van der Waals surface area contributed by atoms with Crippen molar-refractivity contribution in [2.45, 2.75) is 6.42 Å². The molecule has 2 rings (SSSR count). The molecular weight excluding hydrogens is 262 g/mol. The molecule has 0 atom stereocenters. The zero-order valence-electron chi connectivity index (χ0n) is 11.8. The molecule has 0 aromatic heterocycles. The lowest BCUT2D eigenvalue weighted by Gasteiger charge is -2.06. The Balaban J connectivity index is 1.75. The molecule has 0 aliphatic heterocycles. The molecule has 3 heteroatoms. The predicted octanol–water partition coefficient (Wildman–Crippen LogP) is 3.23. The molecule has 0 saturated heterocycles. The molecule has 0 fully saturated rings. The number of carboxylic acid groups (broad SMARTS) is 1. The van der Waals surface area contributed by atoms with Crippen LogP contribution in [0.4, 0.5) is 0 Å². The lowest BCUT2D eigenvalue weighted by Crippen LogP contribution is -2.18. The average molecular weight is 281 g/mol. The number of nitrogens with one attached hydrogen (secondary N) is 1. The Morgan fingerprint density at radius 2 is 1.76 bits per heavy atom. The first-order valence-electron chi connectivity index (χ1n) is 7.01. The van der Waals surface area contributed by atoms with Crippen molar-refractivity contribution in [3.05, 3.63) is 77.4 Å². The van der Waals surface area contributed by atoms with Crippen LogP contribution >= 0.6 is 0 Å². The van der Waals surface area contributed by atoms with Gasteiger partial charge in [-0.1, -0.05) is 60.7 Å². The van der Waals surface area contributed by atoms with E-state index < -0.39 is 5.97 Å². The molecule has 0 amide bonds. The first kappa shape index (κ1) is 15.0. The summed E-state index contributed by atoms with van der Waals surface area (Å²) in [4.78, 5) is 11.1. The highest BCUT2D eigenvalue weighted by Gasteiger charge is 2.07. The van der Waals surface area contributed by atoms with Gasteiger partial charge in [-0.15, -0.1) is 0 Å². The van der Waals surface area contributed by atoms with E-state index in [0.29, 0.717) is 12.0 Å². The van der Waals surface area contributed by atoms with Crippen LogP contribution in [0.2, 0.25) is 0 Å². The summed E-state index contributed by atoms with van der Waals surface area (Å²) in [5, 5.41) is 12.4. The quantitative estimate of drug-likeness (QED) is 0.766. The van der Waals surface area contributed by atoms with Crippen molar-refractivity contribution in [1.82, 2.24) is 5.32 Å². The molecule has 2 aromatic rings. The van der Waals surface area contributed by atoms with Crippen LogP contribution in [0, 0.1) is 0 Å². The largest absolute Gasteiger partial charge is 0.478 e. The number of carbonyl (C=O) groups is 1. The molecule has 0 heterocycles. The zero-order chi connectivity index (χ0) is 14.9. The first-order valence-corrected chi connectivity index (χ1v) is 7.01. The molecule has 3 nitrogen and oxygen atoms in total. The minimum atomic E-state index is -0.866. The first-order chi connectivity index (χ1) is 10.3. The van der Waals surface area contributed by atoms with Gasteiger partial charge in [-0.25, -0.2) is 4.79 Å². The average Bonchev–Trinajstić information content (AvgIpc) is 2.52. The van der Waals surface area contributed by atoms with E-state index in [1.165, 1.54) is 5.56 Å². The second-order valence-electron chi connectivity index (χ2n) is 4.73. The number of aromatic carboxylic acids is 1. The summed E-state index contributed by atoms with van der Waals surface area (Å²) in [5.41, 5.74) is 2.43. The third-order valence-electron chi connectivity index (χ3n) is 3.19. The van der Waals surface area contributed by atoms with Crippen LogP contribution in [0.3, 0.4) is 0 Å². The van der Waals surface area contributed by atoms with Crippen molar-refractivity contribution in [2.24, 2.45) is 0 Å². The van der Waals surface area contributed by atoms with Crippen molar-refractivity contribution < 1.29 is 9.90 Å². The molecule has 0 saturated carbocycles. The summed E-state index contributed by atoms with van der Waals surface area (Å²) in [7, 11) is 0. The van der Waals surface area contributed by atoms with E-state index in [0.717, 1.165) is 18.7 Å². The fourth-order valence-corrected chi connectivity index (χ4v) is 2.11. The molecule has 108 valence electrons. The number of hydrogen-bond acceptors (Lipinski definition) is 2. The maximum atomic E-state index is 11.1. The van der Waals surface area contributed by atoms with E-state index in [2.05, 4.69) is 29.6 Å². The molecule has 0 unspecified atom stereocenters. The fraction of sp³-hybridized carbons (Fsp3) is 0.167. The van der Waals surface area contributed by atoms with E-state index >= 15 is 0 Å². The molecule has 21 heavy (non-hydrogen) atoms. The lowest BCUT2D eigenvalue weighted by atomic mass is 10.0. The summed E-state index contributed by atoms with van der Waals surface area (Å²) in [6.07, 6.45) is 4.85. The number of hydrogen-bond donors (Lipinski definition) is 2. The van der Waals surface area contributed by atoms with E-state index in [-0.39, 0.29) is 0 Å².